The summed E-state index contributed by atoms with van der Waals surface area (Å²) in [6.07, 6.45) is 3.57. The molecule has 0 radical (unpaired) electrons. The summed E-state index contributed by atoms with van der Waals surface area (Å²) in [4.78, 5) is 9.18. The van der Waals surface area contributed by atoms with Crippen molar-refractivity contribution in [1.82, 2.24) is 14.5 Å². The quantitative estimate of drug-likeness (QED) is 0.356. The van der Waals surface area contributed by atoms with Crippen molar-refractivity contribution in [3.8, 4) is 28.3 Å². The van der Waals surface area contributed by atoms with Crippen LogP contribution < -0.4 is 4.74 Å². The van der Waals surface area contributed by atoms with E-state index in [2.05, 4.69) is 22.2 Å². The van der Waals surface area contributed by atoms with Crippen molar-refractivity contribution in [2.24, 2.45) is 0 Å². The van der Waals surface area contributed by atoms with Crippen LogP contribution in [0.25, 0.3) is 22.5 Å². The Morgan fingerprint density at radius 1 is 1.06 bits per heavy atom. The van der Waals surface area contributed by atoms with Crippen molar-refractivity contribution in [2.75, 3.05) is 13.7 Å². The number of thiol groups is 1. The van der Waals surface area contributed by atoms with Gasteiger partial charge in [-0.25, -0.2) is 9.37 Å². The van der Waals surface area contributed by atoms with Gasteiger partial charge in [0.2, 0.25) is 0 Å². The van der Waals surface area contributed by atoms with E-state index in [4.69, 9.17) is 14.5 Å². The number of ether oxygens (including phenoxy) is 2. The maximum absolute atomic E-state index is 13.6. The Kier molecular flexibility index (Phi) is 6.15. The van der Waals surface area contributed by atoms with Crippen LogP contribution in [-0.4, -0.2) is 28.3 Å². The van der Waals surface area contributed by atoms with Gasteiger partial charge in [-0.1, -0.05) is 12.1 Å². The molecule has 0 saturated heterocycles. The van der Waals surface area contributed by atoms with Crippen molar-refractivity contribution in [3.05, 3.63) is 84.1 Å². The Hall–Kier alpha value is -3.16. The van der Waals surface area contributed by atoms with Crippen LogP contribution in [0.15, 0.2) is 71.9 Å². The highest BCUT2D eigenvalue weighted by Gasteiger charge is 2.30. The molecule has 0 fully saturated rings. The molecule has 4 aromatic rings. The molecule has 0 aliphatic carbocycles. The number of aryl methyl sites for hydroxylation is 1. The first-order valence-corrected chi connectivity index (χ1v) is 11.3. The van der Waals surface area contributed by atoms with Gasteiger partial charge in [-0.2, -0.15) is 0 Å². The third kappa shape index (κ3) is 4.51. The minimum atomic E-state index is -0.265. The summed E-state index contributed by atoms with van der Waals surface area (Å²) in [6.45, 7) is 1.10. The minimum Gasteiger partial charge on any atom is -0.497 e. The lowest BCUT2D eigenvalue weighted by molar-refractivity contribution is 0.0925. The third-order valence-electron chi connectivity index (χ3n) is 5.93. The molecule has 1 aliphatic rings. The fourth-order valence-corrected chi connectivity index (χ4v) is 4.52. The maximum Gasteiger partial charge on any atom is 0.123 e. The van der Waals surface area contributed by atoms with Crippen LogP contribution in [0.4, 0.5) is 4.39 Å². The number of aromatic nitrogens is 3. The number of hydrogen-bond acceptors (Lipinski definition) is 5. The van der Waals surface area contributed by atoms with E-state index in [0.717, 1.165) is 52.5 Å². The van der Waals surface area contributed by atoms with Crippen molar-refractivity contribution in [2.45, 2.75) is 30.5 Å². The summed E-state index contributed by atoms with van der Waals surface area (Å²) in [6, 6.07) is 18.4. The summed E-state index contributed by atoms with van der Waals surface area (Å²) < 4.78 is 27.2. The molecule has 5 nitrogen and oxygen atoms in total. The zero-order valence-electron chi connectivity index (χ0n) is 18.2. The zero-order chi connectivity index (χ0) is 22.8. The second-order valence-electron chi connectivity index (χ2n) is 8.06. The van der Waals surface area contributed by atoms with Crippen LogP contribution in [0.2, 0.25) is 0 Å². The Morgan fingerprint density at radius 2 is 1.85 bits per heavy atom. The maximum atomic E-state index is 13.6. The number of fused-ring (bicyclic) bond motifs is 1. The van der Waals surface area contributed by atoms with E-state index in [0.29, 0.717) is 18.2 Å². The molecule has 33 heavy (non-hydrogen) atoms. The van der Waals surface area contributed by atoms with Gasteiger partial charge in [-0.15, -0.1) is 12.6 Å². The highest BCUT2D eigenvalue weighted by Crippen LogP contribution is 2.40. The predicted octanol–water partition coefficient (Wildman–Crippen LogP) is 5.75. The highest BCUT2D eigenvalue weighted by molar-refractivity contribution is 7.80. The van der Waals surface area contributed by atoms with Gasteiger partial charge in [0.25, 0.3) is 0 Å². The summed E-state index contributed by atoms with van der Waals surface area (Å²) in [5.41, 5.74) is 4.79. The van der Waals surface area contributed by atoms with Crippen LogP contribution in [0.5, 0.6) is 5.75 Å². The molecule has 2 aromatic heterocycles. The topological polar surface area (TPSA) is 49.2 Å². The molecule has 0 bridgehead atoms. The molecular formula is C26H24FN3O2S. The van der Waals surface area contributed by atoms with Crippen LogP contribution in [-0.2, 0) is 17.8 Å². The molecule has 3 heterocycles. The second kappa shape index (κ2) is 9.37. The monoisotopic (exact) mass is 461 g/mol. The summed E-state index contributed by atoms with van der Waals surface area (Å²) in [7, 11) is 1.66. The van der Waals surface area contributed by atoms with Gasteiger partial charge in [0.05, 0.1) is 42.8 Å². The zero-order valence-corrected chi connectivity index (χ0v) is 19.1. The van der Waals surface area contributed by atoms with E-state index in [1.54, 1.807) is 25.4 Å². The first-order chi connectivity index (χ1) is 16.1. The van der Waals surface area contributed by atoms with Crippen molar-refractivity contribution in [3.63, 3.8) is 0 Å². The number of imidazole rings is 1. The van der Waals surface area contributed by atoms with E-state index in [1.807, 2.05) is 36.4 Å². The van der Waals surface area contributed by atoms with Crippen molar-refractivity contribution < 1.29 is 13.9 Å². The standard InChI is InChI=1S/C26H24FN3O2S/c1-31-22-9-2-17(3-10-22)15-32-16-21-8-11-23-29-25(18-4-6-20(27)7-5-18)26(30(21)23)19-12-13-28-24(33)14-19/h2-7,9-10,12-14,21H,8,11,15-16H2,1H3,(H,28,33)/t21-/m1/s1. The lowest BCUT2D eigenvalue weighted by Gasteiger charge is -2.18. The number of pyridine rings is 1. The molecule has 5 rings (SSSR count). The lowest BCUT2D eigenvalue weighted by atomic mass is 10.0. The van der Waals surface area contributed by atoms with E-state index in [1.165, 1.54) is 12.1 Å². The van der Waals surface area contributed by atoms with Crippen molar-refractivity contribution >= 4 is 12.6 Å². The number of benzene rings is 2. The average Bonchev–Trinajstić information content (AvgIpc) is 3.40. The lowest BCUT2D eigenvalue weighted by Crippen LogP contribution is -2.13. The molecule has 0 amide bonds. The number of hydrogen-bond donors (Lipinski definition) is 1. The van der Waals surface area contributed by atoms with Crippen LogP contribution >= 0.6 is 12.6 Å². The fourth-order valence-electron chi connectivity index (χ4n) is 4.32. The fraction of sp³-hybridized carbons (Fsp3) is 0.231. The number of methoxy groups -OCH3 is 1. The normalized spacial score (nSPS) is 14.9. The molecular weight excluding hydrogens is 437 g/mol. The SMILES string of the molecule is COc1ccc(COC[C@H]2CCc3nc(-c4ccc(F)cc4)c(-c4ccnc(S)c4)n32)cc1. The van der Waals surface area contributed by atoms with Crippen LogP contribution in [0, 0.1) is 5.82 Å². The third-order valence-corrected chi connectivity index (χ3v) is 6.17. The minimum absolute atomic E-state index is 0.159. The molecule has 1 atom stereocenters. The molecule has 0 spiro atoms. The van der Waals surface area contributed by atoms with Gasteiger partial charge in [0, 0.05) is 23.7 Å². The molecule has 0 unspecified atom stereocenters. The van der Waals surface area contributed by atoms with E-state index < -0.39 is 0 Å². The van der Waals surface area contributed by atoms with E-state index in [9.17, 15) is 4.39 Å². The molecule has 0 N–H and O–H groups in total. The molecule has 2 aromatic carbocycles. The van der Waals surface area contributed by atoms with Gasteiger partial charge >= 0.3 is 0 Å². The smallest absolute Gasteiger partial charge is 0.123 e. The number of halogens is 1. The van der Waals surface area contributed by atoms with Crippen molar-refractivity contribution in [1.29, 1.82) is 0 Å². The predicted molar refractivity (Wildman–Crippen MR) is 128 cm³/mol. The highest BCUT2D eigenvalue weighted by atomic mass is 32.1. The van der Waals surface area contributed by atoms with E-state index >= 15 is 0 Å². The van der Waals surface area contributed by atoms with Crippen LogP contribution in [0.1, 0.15) is 23.9 Å². The van der Waals surface area contributed by atoms with Gasteiger partial charge < -0.3 is 14.0 Å². The molecule has 7 heteroatoms. The second-order valence-corrected chi connectivity index (χ2v) is 8.52. The van der Waals surface area contributed by atoms with Crippen LogP contribution in [0.3, 0.4) is 0 Å². The average molecular weight is 462 g/mol. The number of nitrogens with zero attached hydrogens (tertiary/aromatic N) is 3. The van der Waals surface area contributed by atoms with Gasteiger partial charge in [0.15, 0.2) is 0 Å². The first kappa shape index (κ1) is 21.7. The summed E-state index contributed by atoms with van der Waals surface area (Å²) >= 11 is 4.43. The Balaban J connectivity index is 1.45. The summed E-state index contributed by atoms with van der Waals surface area (Å²) in [5.74, 6) is 1.58. The van der Waals surface area contributed by atoms with E-state index in [-0.39, 0.29) is 11.9 Å². The molecule has 0 saturated carbocycles. The number of rotatable bonds is 7. The Bertz CT molecular complexity index is 1260. The molecule has 1 aliphatic heterocycles. The largest absolute Gasteiger partial charge is 0.497 e. The Labute approximate surface area is 197 Å². The van der Waals surface area contributed by atoms with Gasteiger partial charge in [-0.05, 0) is 60.5 Å². The van der Waals surface area contributed by atoms with Gasteiger partial charge in [-0.3, -0.25) is 4.98 Å². The first-order valence-electron chi connectivity index (χ1n) is 10.9. The van der Waals surface area contributed by atoms with Gasteiger partial charge in [0.1, 0.15) is 17.4 Å². The Morgan fingerprint density at radius 3 is 2.58 bits per heavy atom. The summed E-state index contributed by atoms with van der Waals surface area (Å²) in [5, 5.41) is 0.637. The molecule has 168 valence electrons.